The van der Waals surface area contributed by atoms with E-state index in [-0.39, 0.29) is 5.24 Å². The number of ether oxygens (including phenoxy) is 2. The topological polar surface area (TPSA) is 140 Å². The van der Waals surface area contributed by atoms with E-state index in [0.29, 0.717) is 24.8 Å². The van der Waals surface area contributed by atoms with Crippen LogP contribution in [-0.4, -0.2) is 40.3 Å². The number of H-pyrrole nitrogens is 2. The second-order valence-corrected chi connectivity index (χ2v) is 8.34. The number of aliphatic imine (C=N–C) groups is 1. The number of aromatic amines is 2. The Morgan fingerprint density at radius 2 is 1.34 bits per heavy atom. The molecule has 0 radical (unpaired) electrons. The lowest BCUT2D eigenvalue weighted by Gasteiger charge is -2.05. The van der Waals surface area contributed by atoms with Crippen molar-refractivity contribution in [2.75, 3.05) is 0 Å². The minimum atomic E-state index is -0.0302. The predicted octanol–water partition coefficient (Wildman–Crippen LogP) is 6.04. The van der Waals surface area contributed by atoms with Gasteiger partial charge in [-0.1, -0.05) is 19.5 Å². The Labute approximate surface area is 249 Å². The minimum Gasteiger partial charge on any atom is -0.398 e. The van der Waals surface area contributed by atoms with Gasteiger partial charge in [-0.25, -0.2) is 24.9 Å². The highest BCUT2D eigenvalue weighted by Gasteiger charge is 2.04. The summed E-state index contributed by atoms with van der Waals surface area (Å²) in [6, 6.07) is 18.4. The van der Waals surface area contributed by atoms with Crippen molar-refractivity contribution in [1.29, 1.82) is 0 Å². The number of aromatic nitrogens is 6. The molecule has 0 saturated carbocycles. The Morgan fingerprint density at radius 1 is 0.805 bits per heavy atom. The van der Waals surface area contributed by atoms with Crippen LogP contribution in [0.2, 0.25) is 0 Å². The van der Waals surface area contributed by atoms with Gasteiger partial charge in [0.2, 0.25) is 11.8 Å². The van der Waals surface area contributed by atoms with Gasteiger partial charge in [0.1, 0.15) is 11.3 Å². The van der Waals surface area contributed by atoms with E-state index in [1.165, 1.54) is 7.40 Å². The van der Waals surface area contributed by atoms with E-state index in [1.807, 2.05) is 36.7 Å². The van der Waals surface area contributed by atoms with Crippen molar-refractivity contribution in [3.63, 3.8) is 0 Å². The summed E-state index contributed by atoms with van der Waals surface area (Å²) in [6.45, 7) is 1.14. The van der Waals surface area contributed by atoms with Gasteiger partial charge < -0.3 is 25.2 Å². The SMILES string of the molecule is NCc1ccnc2[nH]ccc12.S=C(Oc1ccccn1)Oc1ccccn1.S=C=NCc1ccnc2[nH]ccc12.[2H]C. The standard InChI is InChI=1S/C11H8N2O2S.C9H7N3S.C8H9N3.CH4/c16-11(14-9-5-1-3-7-12-9)15-10-6-2-4-8-13-10;13-6-10-5-7-1-3-11-9-8(7)2-4-12-9;9-5-6-1-3-10-8-7(6)2-4-11-8;/h1-8H;1-4H,5H2,(H,11,12);1-4H,5,9H2,(H,10,11);1H4/i;;;1D. The molecule has 6 aromatic rings. The highest BCUT2D eigenvalue weighted by molar-refractivity contribution is 7.79. The lowest BCUT2D eigenvalue weighted by Crippen LogP contribution is -2.14. The molecule has 0 aliphatic heterocycles. The smallest absolute Gasteiger partial charge is 0.366 e. The Bertz CT molecular complexity index is 1670. The second kappa shape index (κ2) is 16.3. The Balaban J connectivity index is 0.000000170. The maximum atomic E-state index is 5.75. The zero-order valence-electron chi connectivity index (χ0n) is 23.1. The quantitative estimate of drug-likeness (QED) is 0.163. The summed E-state index contributed by atoms with van der Waals surface area (Å²) in [6.07, 6.45) is 10.5. The van der Waals surface area contributed by atoms with Crippen molar-refractivity contribution in [2.45, 2.75) is 20.5 Å². The predicted molar refractivity (Wildman–Crippen MR) is 168 cm³/mol. The first-order valence-electron chi connectivity index (χ1n) is 12.9. The molecule has 0 fully saturated rings. The number of hydrogen-bond acceptors (Lipinski definition) is 10. The third-order valence-electron chi connectivity index (χ3n) is 5.29. The normalized spacial score (nSPS) is 9.85. The summed E-state index contributed by atoms with van der Waals surface area (Å²) in [4.78, 5) is 26.2. The van der Waals surface area contributed by atoms with Crippen LogP contribution >= 0.6 is 24.4 Å². The molecule has 0 saturated heterocycles. The van der Waals surface area contributed by atoms with Crippen molar-refractivity contribution < 1.29 is 10.8 Å². The second-order valence-electron chi connectivity index (χ2n) is 7.82. The van der Waals surface area contributed by atoms with Gasteiger partial charge in [0, 0.05) is 80.2 Å². The number of nitrogens with one attached hydrogen (secondary N) is 2. The third-order valence-corrected chi connectivity index (χ3v) is 5.58. The Morgan fingerprint density at radius 3 is 1.83 bits per heavy atom. The van der Waals surface area contributed by atoms with Gasteiger partial charge in [-0.3, -0.25) is 0 Å². The van der Waals surface area contributed by atoms with Crippen molar-refractivity contribution in [2.24, 2.45) is 10.7 Å². The van der Waals surface area contributed by atoms with Gasteiger partial charge in [0.25, 0.3) is 0 Å². The summed E-state index contributed by atoms with van der Waals surface area (Å²) >= 11 is 9.41. The van der Waals surface area contributed by atoms with E-state index in [9.17, 15) is 0 Å². The van der Waals surface area contributed by atoms with Crippen molar-refractivity contribution in [3.05, 3.63) is 109 Å². The van der Waals surface area contributed by atoms with Gasteiger partial charge in [0.15, 0.2) is 0 Å². The summed E-state index contributed by atoms with van der Waals surface area (Å²) in [5.74, 6) is 0.784. The lowest BCUT2D eigenvalue weighted by molar-refractivity contribution is 0.386. The average Bonchev–Trinajstić information content (AvgIpc) is 3.73. The number of nitrogens with two attached hydrogens (primary N) is 1. The van der Waals surface area contributed by atoms with E-state index in [0.717, 1.165) is 33.2 Å². The summed E-state index contributed by atoms with van der Waals surface area (Å²) in [5, 5.41) is 4.53. The molecule has 12 heteroatoms. The van der Waals surface area contributed by atoms with E-state index in [2.05, 4.69) is 52.3 Å². The van der Waals surface area contributed by atoms with Crippen LogP contribution in [-0.2, 0) is 13.1 Å². The van der Waals surface area contributed by atoms with Gasteiger partial charge >= 0.3 is 5.24 Å². The van der Waals surface area contributed by atoms with E-state index >= 15 is 0 Å². The number of pyridine rings is 4. The molecule has 4 N–H and O–H groups in total. The van der Waals surface area contributed by atoms with E-state index in [4.69, 9.17) is 28.8 Å². The summed E-state index contributed by atoms with van der Waals surface area (Å²) in [7, 11) is 1.25. The van der Waals surface area contributed by atoms with Crippen LogP contribution in [0.1, 0.15) is 19.9 Å². The molecule has 6 rings (SSSR count). The molecule has 0 aliphatic carbocycles. The van der Waals surface area contributed by atoms with Gasteiger partial charge in [0.05, 0.1) is 11.7 Å². The minimum absolute atomic E-state index is 0.0302. The van der Waals surface area contributed by atoms with Crippen LogP contribution in [0.3, 0.4) is 0 Å². The fraction of sp³-hybridized carbons (Fsp3) is 0.103. The number of rotatable bonds is 5. The molecule has 0 bridgehead atoms. The van der Waals surface area contributed by atoms with Crippen LogP contribution in [0.25, 0.3) is 22.1 Å². The number of hydrogen-bond donors (Lipinski definition) is 3. The monoisotopic (exact) mass is 585 g/mol. The maximum absolute atomic E-state index is 5.75. The highest BCUT2D eigenvalue weighted by Crippen LogP contribution is 2.16. The van der Waals surface area contributed by atoms with E-state index < -0.39 is 0 Å². The van der Waals surface area contributed by atoms with Crippen LogP contribution < -0.4 is 15.2 Å². The molecule has 0 unspecified atom stereocenters. The maximum Gasteiger partial charge on any atom is 0.366 e. The molecular formula is C29H28N8O2S2. The zero-order chi connectivity index (χ0) is 30.0. The Hall–Kier alpha value is -4.87. The van der Waals surface area contributed by atoms with Gasteiger partial charge in [-0.05, 0) is 59.7 Å². The van der Waals surface area contributed by atoms with E-state index in [1.54, 1.807) is 61.2 Å². The molecule has 0 spiro atoms. The largest absolute Gasteiger partial charge is 0.398 e. The fourth-order valence-corrected chi connectivity index (χ4v) is 3.71. The van der Waals surface area contributed by atoms with Gasteiger partial charge in [-0.15, -0.1) is 0 Å². The molecule has 41 heavy (non-hydrogen) atoms. The Kier molecular flexibility index (Phi) is 11.6. The molecule has 10 nitrogen and oxygen atoms in total. The first-order valence-corrected chi connectivity index (χ1v) is 12.8. The molecule has 0 atom stereocenters. The molecule has 0 aromatic carbocycles. The first kappa shape index (κ1) is 29.1. The molecule has 6 aromatic heterocycles. The number of fused-ring (bicyclic) bond motifs is 2. The molecule has 0 amide bonds. The fourth-order valence-electron chi connectivity index (χ4n) is 3.48. The van der Waals surface area contributed by atoms with Gasteiger partial charge in [-0.2, -0.15) is 0 Å². The van der Waals surface area contributed by atoms with Crippen molar-refractivity contribution in [1.82, 2.24) is 29.9 Å². The number of nitrogens with zero attached hydrogens (tertiary/aromatic N) is 5. The van der Waals surface area contributed by atoms with Crippen LogP contribution in [0, 0.1) is 0 Å². The van der Waals surface area contributed by atoms with Crippen LogP contribution in [0.15, 0.2) is 103 Å². The molecule has 208 valence electrons. The first-order chi connectivity index (χ1) is 20.7. The lowest BCUT2D eigenvalue weighted by atomic mass is 10.2. The summed E-state index contributed by atoms with van der Waals surface area (Å²) in [5.41, 5.74) is 9.58. The summed E-state index contributed by atoms with van der Waals surface area (Å²) < 4.78 is 16.1. The van der Waals surface area contributed by atoms with Crippen molar-refractivity contribution >= 4 is 56.9 Å². The number of thiocarbonyl (C=S) groups is 2. The molecular weight excluding hydrogens is 557 g/mol. The number of isothiocyanates is 1. The highest BCUT2D eigenvalue weighted by atomic mass is 32.1. The third kappa shape index (κ3) is 9.09. The molecule has 6 heterocycles. The average molecular weight is 586 g/mol. The van der Waals surface area contributed by atoms with Crippen LogP contribution in [0.4, 0.5) is 0 Å². The van der Waals surface area contributed by atoms with Crippen LogP contribution in [0.5, 0.6) is 11.8 Å². The molecule has 0 aliphatic rings. The zero-order valence-corrected chi connectivity index (χ0v) is 23.7. The van der Waals surface area contributed by atoms with Crippen molar-refractivity contribution in [3.8, 4) is 11.8 Å².